The molecule has 0 saturated heterocycles. The maximum atomic E-state index is 13.4. The number of hydrogen-bond acceptors (Lipinski definition) is 1. The smallest absolute Gasteiger partial charge is 0.146 e. The van der Waals surface area contributed by atoms with Crippen LogP contribution in [0.1, 0.15) is 25.8 Å². The number of nitrogens with one attached hydrogen (secondary N) is 1. The number of rotatable bonds is 1. The van der Waals surface area contributed by atoms with Gasteiger partial charge in [0.05, 0.1) is 5.69 Å². The van der Waals surface area contributed by atoms with E-state index in [1.807, 2.05) is 6.07 Å². The molecule has 0 amide bonds. The number of benzene rings is 1. The average molecular weight is 193 g/mol. The van der Waals surface area contributed by atoms with Gasteiger partial charge in [0.15, 0.2) is 0 Å². The highest BCUT2D eigenvalue weighted by atomic mass is 19.1. The van der Waals surface area contributed by atoms with Crippen molar-refractivity contribution in [2.75, 3.05) is 5.32 Å². The van der Waals surface area contributed by atoms with E-state index in [0.717, 1.165) is 24.1 Å². The van der Waals surface area contributed by atoms with Crippen LogP contribution < -0.4 is 5.32 Å². The van der Waals surface area contributed by atoms with Gasteiger partial charge in [0, 0.05) is 6.04 Å². The van der Waals surface area contributed by atoms with Crippen LogP contribution in [0, 0.1) is 11.7 Å². The van der Waals surface area contributed by atoms with E-state index in [4.69, 9.17) is 0 Å². The van der Waals surface area contributed by atoms with Crippen molar-refractivity contribution in [3.63, 3.8) is 0 Å². The fourth-order valence-corrected chi connectivity index (χ4v) is 2.01. The zero-order valence-corrected chi connectivity index (χ0v) is 8.68. The van der Waals surface area contributed by atoms with Gasteiger partial charge in [-0.05, 0) is 30.4 Å². The van der Waals surface area contributed by atoms with E-state index >= 15 is 0 Å². The Hall–Kier alpha value is -1.05. The molecule has 2 rings (SSSR count). The molecule has 1 aromatic carbocycles. The van der Waals surface area contributed by atoms with Gasteiger partial charge in [-0.1, -0.05) is 26.0 Å². The number of halogens is 1. The molecule has 14 heavy (non-hydrogen) atoms. The fourth-order valence-electron chi connectivity index (χ4n) is 2.01. The highest BCUT2D eigenvalue weighted by Crippen LogP contribution is 2.29. The van der Waals surface area contributed by atoms with Crippen molar-refractivity contribution in [2.45, 2.75) is 32.7 Å². The first-order valence-electron chi connectivity index (χ1n) is 5.22. The molecule has 0 aliphatic carbocycles. The van der Waals surface area contributed by atoms with Crippen LogP contribution in [0.2, 0.25) is 0 Å². The minimum absolute atomic E-state index is 0.118. The Labute approximate surface area is 84.3 Å². The first-order chi connectivity index (χ1) is 6.68. The predicted molar refractivity (Wildman–Crippen MR) is 57.0 cm³/mol. The van der Waals surface area contributed by atoms with E-state index in [0.29, 0.717) is 12.0 Å². The summed E-state index contributed by atoms with van der Waals surface area (Å²) in [6.45, 7) is 4.34. The predicted octanol–water partition coefficient (Wildman–Crippen LogP) is 3.21. The summed E-state index contributed by atoms with van der Waals surface area (Å²) in [5.74, 6) is 0.440. The molecule has 1 aromatic rings. The monoisotopic (exact) mass is 193 g/mol. The third-order valence-corrected chi connectivity index (χ3v) is 2.96. The molecule has 0 saturated carbocycles. The minimum Gasteiger partial charge on any atom is -0.379 e. The molecule has 1 N–H and O–H groups in total. The Kier molecular flexibility index (Phi) is 2.44. The molecule has 1 aliphatic heterocycles. The molecule has 0 bridgehead atoms. The molecule has 1 unspecified atom stereocenters. The van der Waals surface area contributed by atoms with Crippen LogP contribution in [-0.4, -0.2) is 6.04 Å². The second-order valence-corrected chi connectivity index (χ2v) is 4.31. The van der Waals surface area contributed by atoms with Gasteiger partial charge in [-0.15, -0.1) is 0 Å². The summed E-state index contributed by atoms with van der Waals surface area (Å²) in [5.41, 5.74) is 1.83. The largest absolute Gasteiger partial charge is 0.379 e. The number of para-hydroxylation sites is 1. The van der Waals surface area contributed by atoms with Crippen molar-refractivity contribution in [1.82, 2.24) is 0 Å². The van der Waals surface area contributed by atoms with Crippen molar-refractivity contribution in [1.29, 1.82) is 0 Å². The molecule has 1 aliphatic rings. The quantitative estimate of drug-likeness (QED) is 0.722. The second kappa shape index (κ2) is 3.60. The van der Waals surface area contributed by atoms with E-state index in [2.05, 4.69) is 19.2 Å². The van der Waals surface area contributed by atoms with Crippen LogP contribution in [0.25, 0.3) is 0 Å². The van der Waals surface area contributed by atoms with Crippen LogP contribution in [-0.2, 0) is 6.42 Å². The van der Waals surface area contributed by atoms with Gasteiger partial charge in [0.2, 0.25) is 0 Å². The van der Waals surface area contributed by atoms with Crippen LogP contribution in [0.3, 0.4) is 0 Å². The van der Waals surface area contributed by atoms with E-state index < -0.39 is 0 Å². The Balaban J connectivity index is 2.29. The van der Waals surface area contributed by atoms with E-state index in [-0.39, 0.29) is 5.82 Å². The van der Waals surface area contributed by atoms with Gasteiger partial charge in [-0.3, -0.25) is 0 Å². The summed E-state index contributed by atoms with van der Waals surface area (Å²) >= 11 is 0. The Morgan fingerprint density at radius 3 is 2.93 bits per heavy atom. The number of aryl methyl sites for hydroxylation is 1. The topological polar surface area (TPSA) is 12.0 Å². The summed E-state index contributed by atoms with van der Waals surface area (Å²) in [7, 11) is 0. The molecule has 2 heteroatoms. The summed E-state index contributed by atoms with van der Waals surface area (Å²) < 4.78 is 13.4. The maximum absolute atomic E-state index is 13.4. The lowest BCUT2D eigenvalue weighted by Gasteiger charge is -2.30. The van der Waals surface area contributed by atoms with Crippen LogP contribution >= 0.6 is 0 Å². The molecule has 0 fully saturated rings. The van der Waals surface area contributed by atoms with Crippen LogP contribution in [0.5, 0.6) is 0 Å². The van der Waals surface area contributed by atoms with Crippen molar-refractivity contribution >= 4 is 5.69 Å². The lowest BCUT2D eigenvalue weighted by atomic mass is 9.91. The molecule has 0 spiro atoms. The zero-order chi connectivity index (χ0) is 10.1. The lowest BCUT2D eigenvalue weighted by Crippen LogP contribution is -2.30. The summed E-state index contributed by atoms with van der Waals surface area (Å²) in [6, 6.07) is 5.72. The highest BCUT2D eigenvalue weighted by Gasteiger charge is 2.21. The molecule has 1 nitrogen and oxygen atoms in total. The molecule has 1 heterocycles. The summed E-state index contributed by atoms with van der Waals surface area (Å²) in [4.78, 5) is 0. The lowest BCUT2D eigenvalue weighted by molar-refractivity contribution is 0.477. The molecule has 1 atom stereocenters. The third-order valence-electron chi connectivity index (χ3n) is 2.96. The number of fused-ring (bicyclic) bond motifs is 1. The van der Waals surface area contributed by atoms with Gasteiger partial charge in [0.25, 0.3) is 0 Å². The van der Waals surface area contributed by atoms with Crippen LogP contribution in [0.15, 0.2) is 18.2 Å². The normalized spacial score (nSPS) is 20.4. The van der Waals surface area contributed by atoms with Gasteiger partial charge in [0.1, 0.15) is 5.82 Å². The van der Waals surface area contributed by atoms with Gasteiger partial charge >= 0.3 is 0 Å². The van der Waals surface area contributed by atoms with Crippen molar-refractivity contribution in [3.05, 3.63) is 29.6 Å². The maximum Gasteiger partial charge on any atom is 0.146 e. The summed E-state index contributed by atoms with van der Waals surface area (Å²) in [6.07, 6.45) is 2.09. The summed E-state index contributed by atoms with van der Waals surface area (Å²) in [5, 5.41) is 3.29. The van der Waals surface area contributed by atoms with Crippen molar-refractivity contribution < 1.29 is 4.39 Å². The highest BCUT2D eigenvalue weighted by molar-refractivity contribution is 5.55. The number of anilines is 1. The van der Waals surface area contributed by atoms with E-state index in [1.165, 1.54) is 6.07 Å². The molecule has 76 valence electrons. The first kappa shape index (κ1) is 9.50. The van der Waals surface area contributed by atoms with E-state index in [1.54, 1.807) is 6.07 Å². The Bertz CT molecular complexity index is 333. The third kappa shape index (κ3) is 1.61. The SMILES string of the molecule is CC(C)C1CCc2cccc(F)c2N1. The van der Waals surface area contributed by atoms with Crippen LogP contribution in [0.4, 0.5) is 10.1 Å². The average Bonchev–Trinajstić information content (AvgIpc) is 2.18. The van der Waals surface area contributed by atoms with Crippen molar-refractivity contribution in [2.24, 2.45) is 5.92 Å². The van der Waals surface area contributed by atoms with Crippen molar-refractivity contribution in [3.8, 4) is 0 Å². The van der Waals surface area contributed by atoms with Gasteiger partial charge < -0.3 is 5.32 Å². The minimum atomic E-state index is -0.118. The standard InChI is InChI=1S/C12H16FN/c1-8(2)11-7-6-9-4-3-5-10(13)12(9)14-11/h3-5,8,11,14H,6-7H2,1-2H3. The Morgan fingerprint density at radius 1 is 1.43 bits per heavy atom. The molecular formula is C12H16FN. The van der Waals surface area contributed by atoms with Gasteiger partial charge in [-0.2, -0.15) is 0 Å². The second-order valence-electron chi connectivity index (χ2n) is 4.31. The van der Waals surface area contributed by atoms with E-state index in [9.17, 15) is 4.39 Å². The fraction of sp³-hybridized carbons (Fsp3) is 0.500. The molecular weight excluding hydrogens is 177 g/mol. The van der Waals surface area contributed by atoms with Gasteiger partial charge in [-0.25, -0.2) is 4.39 Å². The number of hydrogen-bond donors (Lipinski definition) is 1. The zero-order valence-electron chi connectivity index (χ0n) is 8.68. The first-order valence-corrected chi connectivity index (χ1v) is 5.22. The molecule has 0 aromatic heterocycles. The molecule has 0 radical (unpaired) electrons. The Morgan fingerprint density at radius 2 is 2.21 bits per heavy atom.